The number of halogens is 3. The van der Waals surface area contributed by atoms with Crippen LogP contribution in [0, 0.1) is 0 Å². The standard InChI is InChI=1S/C24H23F3N2O3/c25-24(26,27)18-7-9-21(10-8-18)32-16-20(30)15-29-13-11-17-4-1-2-6-22(17)23(29,31)19-5-3-12-28-14-19/h1-10,12,14,20,30-31H,11,13,15-16H2. The van der Waals surface area contributed by atoms with Gasteiger partial charge in [0.2, 0.25) is 0 Å². The fraction of sp³-hybridized carbons (Fsp3) is 0.292. The van der Waals surface area contributed by atoms with Gasteiger partial charge in [-0.15, -0.1) is 0 Å². The molecule has 1 aliphatic heterocycles. The van der Waals surface area contributed by atoms with Crippen molar-refractivity contribution >= 4 is 0 Å². The molecule has 0 spiro atoms. The minimum absolute atomic E-state index is 0.0976. The van der Waals surface area contributed by atoms with Crippen LogP contribution in [-0.4, -0.2) is 45.9 Å². The third-order valence-corrected chi connectivity index (χ3v) is 5.62. The minimum atomic E-state index is -4.42. The summed E-state index contributed by atoms with van der Waals surface area (Å²) in [5.74, 6) is 0.226. The molecule has 4 rings (SSSR count). The predicted molar refractivity (Wildman–Crippen MR) is 112 cm³/mol. The Morgan fingerprint density at radius 2 is 1.81 bits per heavy atom. The quantitative estimate of drug-likeness (QED) is 0.608. The van der Waals surface area contributed by atoms with Gasteiger partial charge in [0.25, 0.3) is 0 Å². The van der Waals surface area contributed by atoms with E-state index in [4.69, 9.17) is 4.74 Å². The van der Waals surface area contributed by atoms with E-state index in [9.17, 15) is 23.4 Å². The molecule has 1 aliphatic rings. The average molecular weight is 444 g/mol. The van der Waals surface area contributed by atoms with Crippen molar-refractivity contribution < 1.29 is 28.1 Å². The summed E-state index contributed by atoms with van der Waals surface area (Å²) >= 11 is 0. The van der Waals surface area contributed by atoms with E-state index in [0.29, 0.717) is 18.5 Å². The van der Waals surface area contributed by atoms with Gasteiger partial charge in [-0.2, -0.15) is 13.2 Å². The topological polar surface area (TPSA) is 65.8 Å². The maximum Gasteiger partial charge on any atom is 0.416 e. The van der Waals surface area contributed by atoms with Crippen LogP contribution in [0.25, 0.3) is 0 Å². The lowest BCUT2D eigenvalue weighted by molar-refractivity contribution is -0.137. The maximum atomic E-state index is 12.7. The SMILES string of the molecule is OC(COc1ccc(C(F)(F)F)cc1)CN1CCc2ccccc2C1(O)c1cccnc1. The highest BCUT2D eigenvalue weighted by molar-refractivity contribution is 5.41. The molecule has 2 heterocycles. The fourth-order valence-corrected chi connectivity index (χ4v) is 4.04. The number of aliphatic hydroxyl groups excluding tert-OH is 1. The van der Waals surface area contributed by atoms with Gasteiger partial charge in [0, 0.05) is 36.6 Å². The first-order valence-electron chi connectivity index (χ1n) is 10.2. The first kappa shape index (κ1) is 22.3. The number of fused-ring (bicyclic) bond motifs is 1. The number of hydrogen-bond acceptors (Lipinski definition) is 5. The van der Waals surface area contributed by atoms with Gasteiger partial charge in [0.1, 0.15) is 18.5 Å². The van der Waals surface area contributed by atoms with Gasteiger partial charge in [-0.3, -0.25) is 9.88 Å². The lowest BCUT2D eigenvalue weighted by Gasteiger charge is -2.45. The van der Waals surface area contributed by atoms with E-state index in [0.717, 1.165) is 23.3 Å². The Morgan fingerprint density at radius 1 is 1.06 bits per heavy atom. The van der Waals surface area contributed by atoms with Crippen LogP contribution in [0.4, 0.5) is 13.2 Å². The summed E-state index contributed by atoms with van der Waals surface area (Å²) in [6.45, 7) is 0.465. The largest absolute Gasteiger partial charge is 0.491 e. The van der Waals surface area contributed by atoms with Gasteiger partial charge in [-0.25, -0.2) is 0 Å². The van der Waals surface area contributed by atoms with Crippen LogP contribution in [0.15, 0.2) is 73.1 Å². The number of nitrogens with zero attached hydrogens (tertiary/aromatic N) is 2. The van der Waals surface area contributed by atoms with Gasteiger partial charge in [0.05, 0.1) is 5.56 Å². The zero-order chi connectivity index (χ0) is 22.8. The molecule has 0 bridgehead atoms. The molecule has 8 heteroatoms. The Kier molecular flexibility index (Phi) is 6.19. The van der Waals surface area contributed by atoms with Crippen molar-refractivity contribution in [2.75, 3.05) is 19.7 Å². The van der Waals surface area contributed by atoms with Crippen LogP contribution in [0.1, 0.15) is 22.3 Å². The summed E-state index contributed by atoms with van der Waals surface area (Å²) in [7, 11) is 0. The Labute approximate surface area is 183 Å². The third kappa shape index (κ3) is 4.48. The van der Waals surface area contributed by atoms with Gasteiger partial charge >= 0.3 is 6.18 Å². The number of pyridine rings is 1. The molecular weight excluding hydrogens is 421 g/mol. The van der Waals surface area contributed by atoms with Crippen molar-refractivity contribution in [3.8, 4) is 5.75 Å². The van der Waals surface area contributed by atoms with E-state index >= 15 is 0 Å². The number of alkyl halides is 3. The van der Waals surface area contributed by atoms with Gasteiger partial charge in [-0.1, -0.05) is 30.3 Å². The number of hydrogen-bond donors (Lipinski definition) is 2. The van der Waals surface area contributed by atoms with Crippen LogP contribution in [-0.2, 0) is 18.3 Å². The molecule has 0 fully saturated rings. The first-order valence-corrected chi connectivity index (χ1v) is 10.2. The molecular formula is C24H23F3N2O3. The number of ether oxygens (including phenoxy) is 1. The van der Waals surface area contributed by atoms with E-state index in [-0.39, 0.29) is 18.9 Å². The monoisotopic (exact) mass is 444 g/mol. The lowest BCUT2D eigenvalue weighted by Crippen LogP contribution is -2.54. The highest BCUT2D eigenvalue weighted by Gasteiger charge is 2.43. The van der Waals surface area contributed by atoms with Crippen LogP contribution < -0.4 is 4.74 Å². The molecule has 2 N–H and O–H groups in total. The smallest absolute Gasteiger partial charge is 0.416 e. The summed E-state index contributed by atoms with van der Waals surface area (Å²) in [4.78, 5) is 5.91. The van der Waals surface area contributed by atoms with Crippen molar-refractivity contribution in [2.24, 2.45) is 0 Å². The van der Waals surface area contributed by atoms with Crippen molar-refractivity contribution in [1.29, 1.82) is 0 Å². The second-order valence-electron chi connectivity index (χ2n) is 7.75. The Bertz CT molecular complexity index is 1040. The normalized spacial score (nSPS) is 19.9. The van der Waals surface area contributed by atoms with Crippen molar-refractivity contribution in [3.63, 3.8) is 0 Å². The maximum absolute atomic E-state index is 12.7. The molecule has 0 aliphatic carbocycles. The molecule has 1 aromatic heterocycles. The first-order chi connectivity index (χ1) is 15.3. The molecule has 2 atom stereocenters. The molecule has 32 heavy (non-hydrogen) atoms. The Morgan fingerprint density at radius 3 is 2.50 bits per heavy atom. The highest BCUT2D eigenvalue weighted by Crippen LogP contribution is 2.38. The summed E-state index contributed by atoms with van der Waals surface area (Å²) < 4.78 is 43.6. The molecule has 168 valence electrons. The van der Waals surface area contributed by atoms with Gasteiger partial charge in [0.15, 0.2) is 5.72 Å². The predicted octanol–water partition coefficient (Wildman–Crippen LogP) is 3.59. The number of aromatic nitrogens is 1. The van der Waals surface area contributed by atoms with Crippen molar-refractivity contribution in [1.82, 2.24) is 9.88 Å². The fourth-order valence-electron chi connectivity index (χ4n) is 4.04. The highest BCUT2D eigenvalue weighted by atomic mass is 19.4. The number of benzene rings is 2. The van der Waals surface area contributed by atoms with E-state index in [1.807, 2.05) is 24.3 Å². The van der Waals surface area contributed by atoms with Gasteiger partial charge in [-0.05, 0) is 42.3 Å². The molecule has 0 amide bonds. The third-order valence-electron chi connectivity index (χ3n) is 5.62. The molecule has 0 saturated heterocycles. The molecule has 0 radical (unpaired) electrons. The second kappa shape index (κ2) is 8.90. The lowest BCUT2D eigenvalue weighted by atomic mass is 9.85. The summed E-state index contributed by atoms with van der Waals surface area (Å²) in [6.07, 6.45) is -1.48. The Hall–Kier alpha value is -2.94. The second-order valence-corrected chi connectivity index (χ2v) is 7.75. The van der Waals surface area contributed by atoms with Crippen molar-refractivity contribution in [2.45, 2.75) is 24.4 Å². The van der Waals surface area contributed by atoms with Crippen LogP contribution >= 0.6 is 0 Å². The van der Waals surface area contributed by atoms with E-state index in [1.54, 1.807) is 29.4 Å². The number of aliphatic hydroxyl groups is 2. The van der Waals surface area contributed by atoms with E-state index < -0.39 is 23.6 Å². The summed E-state index contributed by atoms with van der Waals surface area (Å²) in [6, 6.07) is 15.4. The minimum Gasteiger partial charge on any atom is -0.491 e. The average Bonchev–Trinajstić information content (AvgIpc) is 2.80. The van der Waals surface area contributed by atoms with Gasteiger partial charge < -0.3 is 14.9 Å². The molecule has 2 aromatic carbocycles. The summed E-state index contributed by atoms with van der Waals surface area (Å²) in [5.41, 5.74) is 0.0981. The number of β-amino-alcohol motifs (C(OH)–C–C–N with tert-alkyl or cyclic N) is 1. The zero-order valence-electron chi connectivity index (χ0n) is 17.2. The number of rotatable bonds is 6. The Balaban J connectivity index is 1.49. The molecule has 0 saturated carbocycles. The van der Waals surface area contributed by atoms with E-state index in [1.165, 1.54) is 12.1 Å². The molecule has 5 nitrogen and oxygen atoms in total. The van der Waals surface area contributed by atoms with Crippen LogP contribution in [0.3, 0.4) is 0 Å². The summed E-state index contributed by atoms with van der Waals surface area (Å²) in [5, 5.41) is 22.4. The molecule has 2 unspecified atom stereocenters. The van der Waals surface area contributed by atoms with Crippen molar-refractivity contribution in [3.05, 3.63) is 95.3 Å². The van der Waals surface area contributed by atoms with E-state index in [2.05, 4.69) is 4.98 Å². The molecule has 3 aromatic rings. The van der Waals surface area contributed by atoms with Crippen LogP contribution in [0.5, 0.6) is 5.75 Å². The van der Waals surface area contributed by atoms with Crippen LogP contribution in [0.2, 0.25) is 0 Å². The zero-order valence-corrected chi connectivity index (χ0v) is 17.2.